The number of aromatic hydroxyl groups is 1. The van der Waals surface area contributed by atoms with Crippen LogP contribution in [0.1, 0.15) is 16.1 Å². The quantitative estimate of drug-likeness (QED) is 0.847. The summed E-state index contributed by atoms with van der Waals surface area (Å²) in [4.78, 5) is 13.8. The summed E-state index contributed by atoms with van der Waals surface area (Å²) in [5, 5.41) is 12.9. The molecule has 1 fully saturated rings. The lowest BCUT2D eigenvalue weighted by atomic mass is 10.0. The van der Waals surface area contributed by atoms with Gasteiger partial charge in [-0.2, -0.15) is 4.39 Å². The summed E-state index contributed by atoms with van der Waals surface area (Å²) < 4.78 is 51.2. The van der Waals surface area contributed by atoms with Gasteiger partial charge in [0, 0.05) is 24.7 Å². The topological polar surface area (TPSA) is 75.8 Å². The van der Waals surface area contributed by atoms with Crippen LogP contribution in [0.5, 0.6) is 5.75 Å². The number of amides is 1. The highest BCUT2D eigenvalue weighted by Gasteiger charge is 2.28. The highest BCUT2D eigenvalue weighted by atomic mass is 19.2. The van der Waals surface area contributed by atoms with Crippen molar-refractivity contribution in [2.45, 2.75) is 6.92 Å². The summed E-state index contributed by atoms with van der Waals surface area (Å²) in [7, 11) is 0. The predicted octanol–water partition coefficient (Wildman–Crippen LogP) is 2.25. The molecule has 0 radical (unpaired) electrons. The SMILES string of the molecule is Cc1c(F)c(F)c(O)c(F)c1-c1cc(C(=O)N2CCOCC2)no1. The van der Waals surface area contributed by atoms with E-state index in [-0.39, 0.29) is 11.5 Å². The molecule has 1 aromatic carbocycles. The number of morpholine rings is 1. The van der Waals surface area contributed by atoms with Crippen molar-refractivity contribution in [3.63, 3.8) is 0 Å². The van der Waals surface area contributed by atoms with Gasteiger partial charge in [0.25, 0.3) is 5.91 Å². The standard InChI is InChI=1S/C15H13F3N2O4/c1-7-10(12(17)14(21)13(18)11(7)16)9-6-8(19-24-9)15(22)20-2-4-23-5-3-20/h6,21H,2-5H2,1H3. The summed E-state index contributed by atoms with van der Waals surface area (Å²) in [5.41, 5.74) is -0.987. The van der Waals surface area contributed by atoms with Crippen molar-refractivity contribution in [2.24, 2.45) is 0 Å². The van der Waals surface area contributed by atoms with Gasteiger partial charge in [-0.15, -0.1) is 0 Å². The molecule has 2 aromatic rings. The first-order valence-corrected chi connectivity index (χ1v) is 7.12. The van der Waals surface area contributed by atoms with E-state index < -0.39 is 40.2 Å². The Morgan fingerprint density at radius 1 is 1.21 bits per heavy atom. The van der Waals surface area contributed by atoms with Gasteiger partial charge in [-0.3, -0.25) is 4.79 Å². The molecule has 9 heteroatoms. The van der Waals surface area contributed by atoms with Crippen LogP contribution in [0.15, 0.2) is 10.6 Å². The fourth-order valence-corrected chi connectivity index (χ4v) is 2.47. The average Bonchev–Trinajstić information content (AvgIpc) is 3.08. The largest absolute Gasteiger partial charge is 0.503 e. The fraction of sp³-hybridized carbons (Fsp3) is 0.333. The highest BCUT2D eigenvalue weighted by Crippen LogP contribution is 2.36. The second-order valence-corrected chi connectivity index (χ2v) is 5.27. The maximum absolute atomic E-state index is 14.1. The number of hydrogen-bond acceptors (Lipinski definition) is 5. The average molecular weight is 342 g/mol. The van der Waals surface area contributed by atoms with E-state index in [9.17, 15) is 23.1 Å². The third-order valence-corrected chi connectivity index (χ3v) is 3.81. The van der Waals surface area contributed by atoms with Crippen LogP contribution in [0.25, 0.3) is 11.3 Å². The number of benzene rings is 1. The van der Waals surface area contributed by atoms with Crippen molar-refractivity contribution in [3.8, 4) is 17.1 Å². The second-order valence-electron chi connectivity index (χ2n) is 5.27. The summed E-state index contributed by atoms with van der Waals surface area (Å²) in [5.74, 6) is -6.65. The first-order chi connectivity index (χ1) is 11.4. The third kappa shape index (κ3) is 2.60. The van der Waals surface area contributed by atoms with Crippen LogP contribution in [-0.4, -0.2) is 47.4 Å². The lowest BCUT2D eigenvalue weighted by molar-refractivity contribution is 0.0296. The Balaban J connectivity index is 1.98. The van der Waals surface area contributed by atoms with Gasteiger partial charge in [0.1, 0.15) is 0 Å². The van der Waals surface area contributed by atoms with Crippen LogP contribution < -0.4 is 0 Å². The lowest BCUT2D eigenvalue weighted by Gasteiger charge is -2.25. The van der Waals surface area contributed by atoms with Gasteiger partial charge in [-0.05, 0) is 6.92 Å². The molecule has 1 aliphatic rings. The van der Waals surface area contributed by atoms with E-state index in [1.54, 1.807) is 0 Å². The zero-order valence-electron chi connectivity index (χ0n) is 12.6. The molecule has 1 N–H and O–H groups in total. The first kappa shape index (κ1) is 16.3. The number of halogens is 3. The Hall–Kier alpha value is -2.55. The molecule has 0 unspecified atom stereocenters. The molecular formula is C15H13F3N2O4. The summed E-state index contributed by atoms with van der Waals surface area (Å²) in [6.45, 7) is 2.66. The van der Waals surface area contributed by atoms with Crippen molar-refractivity contribution >= 4 is 5.91 Å². The van der Waals surface area contributed by atoms with Crippen LogP contribution in [0, 0.1) is 24.4 Å². The zero-order valence-corrected chi connectivity index (χ0v) is 12.6. The van der Waals surface area contributed by atoms with E-state index in [1.165, 1.54) is 4.90 Å². The van der Waals surface area contributed by atoms with E-state index >= 15 is 0 Å². The number of hydrogen-bond donors (Lipinski definition) is 1. The van der Waals surface area contributed by atoms with Crippen LogP contribution in [0.2, 0.25) is 0 Å². The van der Waals surface area contributed by atoms with Crippen molar-refractivity contribution < 1.29 is 32.3 Å². The van der Waals surface area contributed by atoms with Gasteiger partial charge in [0.15, 0.2) is 28.8 Å². The van der Waals surface area contributed by atoms with Gasteiger partial charge in [0.05, 0.1) is 18.8 Å². The number of phenols is 1. The van der Waals surface area contributed by atoms with Crippen molar-refractivity contribution in [1.29, 1.82) is 0 Å². The molecule has 1 aromatic heterocycles. The summed E-state index contributed by atoms with van der Waals surface area (Å²) in [6, 6.07) is 1.12. The molecule has 3 rings (SSSR count). The normalized spacial score (nSPS) is 14.9. The minimum absolute atomic E-state index is 0.102. The van der Waals surface area contributed by atoms with Crippen LogP contribution in [0.4, 0.5) is 13.2 Å². The van der Waals surface area contributed by atoms with Crippen LogP contribution in [-0.2, 0) is 4.74 Å². The molecule has 2 heterocycles. The molecule has 0 aliphatic carbocycles. The summed E-state index contributed by atoms with van der Waals surface area (Å²) >= 11 is 0. The maximum Gasteiger partial charge on any atom is 0.276 e. The molecule has 128 valence electrons. The Labute approximate surface area is 134 Å². The molecule has 0 atom stereocenters. The fourth-order valence-electron chi connectivity index (χ4n) is 2.47. The molecule has 0 saturated carbocycles. The van der Waals surface area contributed by atoms with Gasteiger partial charge >= 0.3 is 0 Å². The number of phenolic OH excluding ortho intramolecular Hbond substituents is 1. The van der Waals surface area contributed by atoms with Gasteiger partial charge < -0.3 is 19.3 Å². The predicted molar refractivity (Wildman–Crippen MR) is 74.9 cm³/mol. The number of ether oxygens (including phenoxy) is 1. The minimum atomic E-state index is -1.68. The van der Waals surface area contributed by atoms with E-state index in [4.69, 9.17) is 9.26 Å². The van der Waals surface area contributed by atoms with E-state index in [2.05, 4.69) is 5.16 Å². The molecule has 1 amide bonds. The number of carbonyl (C=O) groups excluding carboxylic acids is 1. The number of carbonyl (C=O) groups is 1. The molecule has 0 spiro atoms. The number of nitrogens with zero attached hydrogens (tertiary/aromatic N) is 2. The molecular weight excluding hydrogens is 329 g/mol. The Kier molecular flexibility index (Phi) is 4.18. The first-order valence-electron chi connectivity index (χ1n) is 7.12. The number of aromatic nitrogens is 1. The van der Waals surface area contributed by atoms with Gasteiger partial charge in [0.2, 0.25) is 5.82 Å². The second kappa shape index (κ2) is 6.16. The zero-order chi connectivity index (χ0) is 17.4. The molecule has 1 saturated heterocycles. The maximum atomic E-state index is 14.1. The lowest BCUT2D eigenvalue weighted by Crippen LogP contribution is -2.40. The van der Waals surface area contributed by atoms with Crippen molar-refractivity contribution in [2.75, 3.05) is 26.3 Å². The van der Waals surface area contributed by atoms with Gasteiger partial charge in [-0.25, -0.2) is 8.78 Å². The van der Waals surface area contributed by atoms with Crippen LogP contribution in [0.3, 0.4) is 0 Å². The smallest absolute Gasteiger partial charge is 0.276 e. The molecule has 6 nitrogen and oxygen atoms in total. The van der Waals surface area contributed by atoms with E-state index in [1.807, 2.05) is 0 Å². The Morgan fingerprint density at radius 3 is 2.54 bits per heavy atom. The van der Waals surface area contributed by atoms with Gasteiger partial charge in [-0.1, -0.05) is 5.16 Å². The molecule has 0 bridgehead atoms. The number of rotatable bonds is 2. The van der Waals surface area contributed by atoms with Crippen molar-refractivity contribution in [1.82, 2.24) is 10.1 Å². The van der Waals surface area contributed by atoms with E-state index in [0.717, 1.165) is 13.0 Å². The van der Waals surface area contributed by atoms with Crippen molar-refractivity contribution in [3.05, 3.63) is 34.8 Å². The van der Waals surface area contributed by atoms with Crippen LogP contribution >= 0.6 is 0 Å². The van der Waals surface area contributed by atoms with E-state index in [0.29, 0.717) is 26.3 Å². The Bertz CT molecular complexity index is 771. The third-order valence-electron chi connectivity index (χ3n) is 3.81. The Morgan fingerprint density at radius 2 is 1.88 bits per heavy atom. The monoisotopic (exact) mass is 342 g/mol. The summed E-state index contributed by atoms with van der Waals surface area (Å²) in [6.07, 6.45) is 0. The molecule has 1 aliphatic heterocycles. The highest BCUT2D eigenvalue weighted by molar-refractivity contribution is 5.93. The minimum Gasteiger partial charge on any atom is -0.503 e. The molecule has 24 heavy (non-hydrogen) atoms.